The fraction of sp³-hybridized carbons (Fsp3) is 0.400. The third-order valence-electron chi connectivity index (χ3n) is 5.26. The van der Waals surface area contributed by atoms with Crippen LogP contribution in [0.4, 0.5) is 11.8 Å². The Morgan fingerprint density at radius 1 is 1.13 bits per heavy atom. The van der Waals surface area contributed by atoms with Gasteiger partial charge in [0.05, 0.1) is 47.2 Å². The van der Waals surface area contributed by atoms with Crippen LogP contribution in [0.5, 0.6) is 0 Å². The number of hydrogen-bond donors (Lipinski definition) is 2. The number of hydrogen-bond acceptors (Lipinski definition) is 7. The summed E-state index contributed by atoms with van der Waals surface area (Å²) in [6.45, 7) is 7.49. The number of fused-ring (bicyclic) bond motifs is 2. The zero-order valence-corrected chi connectivity index (χ0v) is 18.7. The van der Waals surface area contributed by atoms with Crippen molar-refractivity contribution < 1.29 is 4.74 Å². The van der Waals surface area contributed by atoms with Crippen LogP contribution in [0.1, 0.15) is 25.7 Å². The molecule has 4 aromatic rings. The van der Waals surface area contributed by atoms with E-state index in [4.69, 9.17) is 37.9 Å². The summed E-state index contributed by atoms with van der Waals surface area (Å²) < 4.78 is 7.53. The van der Waals surface area contributed by atoms with Gasteiger partial charge in [-0.25, -0.2) is 9.97 Å². The van der Waals surface area contributed by atoms with Gasteiger partial charge in [-0.2, -0.15) is 9.97 Å². The Hall–Kier alpha value is -2.62. The van der Waals surface area contributed by atoms with Gasteiger partial charge >= 0.3 is 0 Å². The molecule has 1 fully saturated rings. The van der Waals surface area contributed by atoms with Crippen molar-refractivity contribution in [3.05, 3.63) is 34.3 Å². The molecule has 1 aliphatic heterocycles. The number of morpholine rings is 1. The zero-order valence-electron chi connectivity index (χ0n) is 17.2. The van der Waals surface area contributed by atoms with E-state index in [1.807, 2.05) is 6.33 Å². The third kappa shape index (κ3) is 3.88. The fourth-order valence-corrected chi connectivity index (χ4v) is 3.94. The van der Waals surface area contributed by atoms with Crippen molar-refractivity contribution in [2.75, 3.05) is 36.5 Å². The molecule has 31 heavy (non-hydrogen) atoms. The van der Waals surface area contributed by atoms with E-state index in [0.29, 0.717) is 41.6 Å². The molecule has 0 aliphatic carbocycles. The number of nitrogens with one attached hydrogen (secondary N) is 2. The van der Waals surface area contributed by atoms with E-state index in [0.717, 1.165) is 41.1 Å². The molecule has 162 valence electrons. The van der Waals surface area contributed by atoms with Crippen LogP contribution in [0.2, 0.25) is 10.0 Å². The van der Waals surface area contributed by atoms with Gasteiger partial charge in [-0.1, -0.05) is 23.2 Å². The Labute approximate surface area is 188 Å². The molecular weight excluding hydrogens is 439 g/mol. The van der Waals surface area contributed by atoms with Gasteiger partial charge in [0.2, 0.25) is 5.95 Å². The number of rotatable bonds is 5. The molecule has 0 radical (unpaired) electrons. The molecule has 1 aromatic carbocycles. The van der Waals surface area contributed by atoms with Crippen LogP contribution in [0.25, 0.3) is 22.2 Å². The first-order chi connectivity index (χ1) is 15.0. The van der Waals surface area contributed by atoms with Gasteiger partial charge in [0, 0.05) is 19.1 Å². The number of aromatic nitrogens is 6. The summed E-state index contributed by atoms with van der Waals surface area (Å²) in [7, 11) is 0. The largest absolute Gasteiger partial charge is 0.378 e. The van der Waals surface area contributed by atoms with Gasteiger partial charge in [0.1, 0.15) is 5.82 Å². The molecule has 0 atom stereocenters. The molecule has 11 heteroatoms. The second-order valence-corrected chi connectivity index (χ2v) is 8.52. The lowest BCUT2D eigenvalue weighted by Crippen LogP contribution is -2.37. The summed E-state index contributed by atoms with van der Waals surface area (Å²) in [5.74, 6) is 2.09. The number of aromatic amines is 1. The average Bonchev–Trinajstić information content (AvgIpc) is 3.36. The summed E-state index contributed by atoms with van der Waals surface area (Å²) in [4.78, 5) is 24.2. The number of nitrogens with zero attached hydrogens (tertiary/aromatic N) is 6. The lowest BCUT2D eigenvalue weighted by atomic mass is 10.3. The minimum absolute atomic E-state index is 0.232. The highest BCUT2D eigenvalue weighted by atomic mass is 35.5. The number of ether oxygens (including phenoxy) is 1. The molecule has 2 N–H and O–H groups in total. The maximum Gasteiger partial charge on any atom is 0.229 e. The Balaban J connectivity index is 1.49. The lowest BCUT2D eigenvalue weighted by molar-refractivity contribution is 0.122. The minimum Gasteiger partial charge on any atom is -0.378 e. The first-order valence-corrected chi connectivity index (χ1v) is 10.9. The van der Waals surface area contributed by atoms with Crippen LogP contribution >= 0.6 is 23.2 Å². The van der Waals surface area contributed by atoms with Crippen molar-refractivity contribution >= 4 is 57.2 Å². The van der Waals surface area contributed by atoms with Crippen LogP contribution in [0.3, 0.4) is 0 Å². The average molecular weight is 461 g/mol. The molecule has 0 amide bonds. The third-order valence-corrected chi connectivity index (χ3v) is 5.98. The molecule has 1 aliphatic rings. The summed E-state index contributed by atoms with van der Waals surface area (Å²) >= 11 is 12.2. The van der Waals surface area contributed by atoms with Gasteiger partial charge in [0.15, 0.2) is 17.0 Å². The SMILES string of the molecule is CC(C)n1cnc2c(NCc3nc4cc(Cl)c(Cl)cc4[nH]3)nc(N3CCOCC3)nc21. The maximum absolute atomic E-state index is 6.12. The molecule has 5 rings (SSSR count). The molecule has 0 spiro atoms. The Bertz CT molecular complexity index is 1210. The number of halogens is 2. The maximum atomic E-state index is 6.12. The predicted molar refractivity (Wildman–Crippen MR) is 122 cm³/mol. The van der Waals surface area contributed by atoms with Crippen LogP contribution in [-0.2, 0) is 11.3 Å². The van der Waals surface area contributed by atoms with Crippen LogP contribution in [0.15, 0.2) is 18.5 Å². The van der Waals surface area contributed by atoms with Gasteiger partial charge < -0.3 is 24.5 Å². The predicted octanol–water partition coefficient (Wildman–Crippen LogP) is 4.04. The molecule has 0 saturated carbocycles. The first kappa shape index (κ1) is 20.3. The van der Waals surface area contributed by atoms with Gasteiger partial charge in [-0.05, 0) is 26.0 Å². The number of anilines is 2. The van der Waals surface area contributed by atoms with Crippen LogP contribution in [-0.4, -0.2) is 55.8 Å². The minimum atomic E-state index is 0.232. The number of benzene rings is 1. The molecule has 4 heterocycles. The Kier molecular flexibility index (Phi) is 5.33. The quantitative estimate of drug-likeness (QED) is 0.463. The van der Waals surface area contributed by atoms with Gasteiger partial charge in [0.25, 0.3) is 0 Å². The van der Waals surface area contributed by atoms with Crippen LogP contribution in [0, 0.1) is 0 Å². The van der Waals surface area contributed by atoms with E-state index in [1.165, 1.54) is 0 Å². The van der Waals surface area contributed by atoms with E-state index in [2.05, 4.69) is 43.6 Å². The van der Waals surface area contributed by atoms with Gasteiger partial charge in [-0.15, -0.1) is 0 Å². The zero-order chi connectivity index (χ0) is 21.5. The normalized spacial score (nSPS) is 14.8. The molecule has 0 unspecified atom stereocenters. The van der Waals surface area contributed by atoms with Crippen molar-refractivity contribution in [3.63, 3.8) is 0 Å². The molecule has 9 nitrogen and oxygen atoms in total. The number of H-pyrrole nitrogens is 1. The highest BCUT2D eigenvalue weighted by molar-refractivity contribution is 6.42. The van der Waals surface area contributed by atoms with E-state index in [-0.39, 0.29) is 6.04 Å². The van der Waals surface area contributed by atoms with Crippen molar-refractivity contribution in [2.24, 2.45) is 0 Å². The summed E-state index contributed by atoms with van der Waals surface area (Å²) in [5, 5.41) is 4.35. The Morgan fingerprint density at radius 2 is 1.90 bits per heavy atom. The standard InChI is InChI=1S/C20H22Cl2N8O/c1-11(2)30-10-24-17-18(27-20(28-19(17)30)29-3-5-31-6-4-29)23-9-16-25-14-7-12(21)13(22)8-15(14)26-16/h7-8,10-11H,3-6,9H2,1-2H3,(H,25,26)(H,23,27,28). The highest BCUT2D eigenvalue weighted by Gasteiger charge is 2.20. The summed E-state index contributed by atoms with van der Waals surface area (Å²) in [6, 6.07) is 3.76. The van der Waals surface area contributed by atoms with E-state index in [1.54, 1.807) is 12.1 Å². The second kappa shape index (κ2) is 8.14. The first-order valence-electron chi connectivity index (χ1n) is 10.1. The van der Waals surface area contributed by atoms with Crippen molar-refractivity contribution in [1.29, 1.82) is 0 Å². The lowest BCUT2D eigenvalue weighted by Gasteiger charge is -2.27. The Morgan fingerprint density at radius 3 is 2.68 bits per heavy atom. The number of imidazole rings is 2. The molecular formula is C20H22Cl2N8O. The topological polar surface area (TPSA) is 96.8 Å². The van der Waals surface area contributed by atoms with Crippen molar-refractivity contribution in [1.82, 2.24) is 29.5 Å². The van der Waals surface area contributed by atoms with E-state index < -0.39 is 0 Å². The smallest absolute Gasteiger partial charge is 0.229 e. The monoisotopic (exact) mass is 460 g/mol. The molecule has 1 saturated heterocycles. The van der Waals surface area contributed by atoms with Gasteiger partial charge in [-0.3, -0.25) is 0 Å². The van der Waals surface area contributed by atoms with E-state index in [9.17, 15) is 0 Å². The summed E-state index contributed by atoms with van der Waals surface area (Å²) in [6.07, 6.45) is 1.81. The highest BCUT2D eigenvalue weighted by Crippen LogP contribution is 2.28. The second-order valence-electron chi connectivity index (χ2n) is 7.71. The van der Waals surface area contributed by atoms with Crippen molar-refractivity contribution in [2.45, 2.75) is 26.4 Å². The summed E-state index contributed by atoms with van der Waals surface area (Å²) in [5.41, 5.74) is 3.12. The van der Waals surface area contributed by atoms with Crippen LogP contribution < -0.4 is 10.2 Å². The van der Waals surface area contributed by atoms with Crippen molar-refractivity contribution in [3.8, 4) is 0 Å². The fourth-order valence-electron chi connectivity index (χ4n) is 3.62. The molecule has 0 bridgehead atoms. The molecule has 3 aromatic heterocycles. The van der Waals surface area contributed by atoms with E-state index >= 15 is 0 Å².